The van der Waals surface area contributed by atoms with Gasteiger partial charge in [-0.1, -0.05) is 179 Å². The lowest BCUT2D eigenvalue weighted by Gasteiger charge is -2.40. The number of allylic oxidation sites excluding steroid dienone is 4. The molecule has 1 saturated heterocycles. The second-order valence-corrected chi connectivity index (χ2v) is 18.6. The largest absolute Gasteiger partial charge is 0.462 e. The van der Waals surface area contributed by atoms with Gasteiger partial charge in [-0.2, -0.15) is 8.42 Å². The zero-order valence-corrected chi connectivity index (χ0v) is 39.1. The van der Waals surface area contributed by atoms with Gasteiger partial charge in [-0.15, -0.1) is 0 Å². The van der Waals surface area contributed by atoms with E-state index >= 15 is 0 Å². The Morgan fingerprint density at radius 3 is 1.44 bits per heavy atom. The smallest absolute Gasteiger partial charge is 0.306 e. The van der Waals surface area contributed by atoms with Gasteiger partial charge < -0.3 is 34.3 Å². The summed E-state index contributed by atoms with van der Waals surface area (Å²) in [5.41, 5.74) is 0. The number of aliphatic hydroxyl groups excluding tert-OH is 3. The maximum Gasteiger partial charge on any atom is 0.306 e. The quantitative estimate of drug-likeness (QED) is 0.0197. The Balaban J connectivity index is 2.38. The van der Waals surface area contributed by atoms with Crippen molar-refractivity contribution in [2.24, 2.45) is 0 Å². The first-order valence-corrected chi connectivity index (χ1v) is 26.0. The van der Waals surface area contributed by atoms with Gasteiger partial charge in [0.1, 0.15) is 36.8 Å². The number of carbonyl (C=O) groups excluding carboxylic acids is 2. The first-order valence-electron chi connectivity index (χ1n) is 24.4. The van der Waals surface area contributed by atoms with Crippen LogP contribution in [0.1, 0.15) is 213 Å². The molecule has 6 unspecified atom stereocenters. The Morgan fingerprint density at radius 1 is 0.557 bits per heavy atom. The molecule has 61 heavy (non-hydrogen) atoms. The van der Waals surface area contributed by atoms with Gasteiger partial charge in [0.25, 0.3) is 10.1 Å². The molecule has 1 aliphatic heterocycles. The van der Waals surface area contributed by atoms with Crippen LogP contribution in [0.25, 0.3) is 0 Å². The van der Waals surface area contributed by atoms with E-state index in [9.17, 15) is 37.9 Å². The first kappa shape index (κ1) is 57.1. The molecule has 13 heteroatoms. The molecule has 1 fully saturated rings. The van der Waals surface area contributed by atoms with Crippen LogP contribution < -0.4 is 0 Å². The van der Waals surface area contributed by atoms with E-state index in [4.69, 9.17) is 18.9 Å². The van der Waals surface area contributed by atoms with Crippen molar-refractivity contribution >= 4 is 22.1 Å². The lowest BCUT2D eigenvalue weighted by atomic mass is 10.00. The third-order valence-electron chi connectivity index (χ3n) is 11.3. The van der Waals surface area contributed by atoms with Gasteiger partial charge in [-0.3, -0.25) is 14.1 Å². The highest BCUT2D eigenvalue weighted by Gasteiger charge is 2.46. The standard InChI is InChI=1S/C48H88O12S/c1-3-5-7-9-11-13-15-17-18-19-20-21-22-23-24-25-27-29-31-33-35-37-44(50)59-41(39-58-48-47(53)46(52)45(51)42(60-48)40-61(54,55)56)38-57-43(49)36-34-32-30-28-26-16-14-12-10-8-6-4-2/h15,17,19-20,41-42,45-48,51-53H,3-14,16,18,21-40H2,1-2H3,(H,54,55,56)/b17-15-,20-19-. The van der Waals surface area contributed by atoms with Crippen molar-refractivity contribution in [1.29, 1.82) is 0 Å². The van der Waals surface area contributed by atoms with Gasteiger partial charge in [0.05, 0.1) is 6.61 Å². The predicted molar refractivity (Wildman–Crippen MR) is 243 cm³/mol. The average molecular weight is 889 g/mol. The van der Waals surface area contributed by atoms with Crippen molar-refractivity contribution in [2.45, 2.75) is 250 Å². The summed E-state index contributed by atoms with van der Waals surface area (Å²) in [6.07, 6.45) is 33.6. The Morgan fingerprint density at radius 2 is 0.984 bits per heavy atom. The van der Waals surface area contributed by atoms with E-state index in [0.29, 0.717) is 12.8 Å². The minimum atomic E-state index is -4.60. The average Bonchev–Trinajstić information content (AvgIpc) is 3.22. The van der Waals surface area contributed by atoms with Crippen LogP contribution >= 0.6 is 0 Å². The number of hydrogen-bond donors (Lipinski definition) is 4. The molecule has 0 aromatic rings. The van der Waals surface area contributed by atoms with Gasteiger partial charge in [0.15, 0.2) is 12.4 Å². The highest BCUT2D eigenvalue weighted by molar-refractivity contribution is 7.85. The number of rotatable bonds is 41. The Labute approximate surface area is 370 Å². The molecule has 12 nitrogen and oxygen atoms in total. The van der Waals surface area contributed by atoms with Crippen molar-refractivity contribution in [1.82, 2.24) is 0 Å². The number of aliphatic hydroxyl groups is 3. The fraction of sp³-hybridized carbons (Fsp3) is 0.875. The summed E-state index contributed by atoms with van der Waals surface area (Å²) >= 11 is 0. The van der Waals surface area contributed by atoms with Crippen LogP contribution in [0.3, 0.4) is 0 Å². The van der Waals surface area contributed by atoms with Crippen LogP contribution in [0.15, 0.2) is 24.3 Å². The summed E-state index contributed by atoms with van der Waals surface area (Å²) in [4.78, 5) is 25.4. The summed E-state index contributed by atoms with van der Waals surface area (Å²) in [7, 11) is -4.60. The minimum absolute atomic E-state index is 0.162. The highest BCUT2D eigenvalue weighted by Crippen LogP contribution is 2.24. The van der Waals surface area contributed by atoms with Crippen LogP contribution in [-0.2, 0) is 38.7 Å². The van der Waals surface area contributed by atoms with Gasteiger partial charge in [-0.25, -0.2) is 0 Å². The topological polar surface area (TPSA) is 186 Å². The second kappa shape index (κ2) is 38.6. The highest BCUT2D eigenvalue weighted by atomic mass is 32.2. The van der Waals surface area contributed by atoms with Gasteiger partial charge in [-0.05, 0) is 44.9 Å². The molecule has 0 amide bonds. The van der Waals surface area contributed by atoms with Crippen LogP contribution in [0, 0.1) is 0 Å². The SMILES string of the molecule is CCCCCCC/C=C\C/C=C\CCCCCCCCCCCC(=O)OC(COC(=O)CCCCCCCCCCCCCC)COC1OC(CS(=O)(=O)O)C(O)C(O)C1O. The minimum Gasteiger partial charge on any atom is -0.462 e. The number of ether oxygens (including phenoxy) is 4. The van der Waals surface area contributed by atoms with Crippen molar-refractivity contribution in [3.8, 4) is 0 Å². The third kappa shape index (κ3) is 33.3. The summed E-state index contributed by atoms with van der Waals surface area (Å²) in [6.45, 7) is 3.76. The molecule has 0 saturated carbocycles. The molecular formula is C48H88O12S. The molecule has 0 aromatic carbocycles. The summed E-state index contributed by atoms with van der Waals surface area (Å²) in [6, 6.07) is 0. The fourth-order valence-corrected chi connectivity index (χ4v) is 8.16. The molecule has 0 aromatic heterocycles. The van der Waals surface area contributed by atoms with E-state index in [1.165, 1.54) is 122 Å². The Kier molecular flexibility index (Phi) is 36.1. The van der Waals surface area contributed by atoms with E-state index in [2.05, 4.69) is 38.2 Å². The van der Waals surface area contributed by atoms with E-state index in [1.807, 2.05) is 0 Å². The van der Waals surface area contributed by atoms with Crippen LogP contribution in [0.5, 0.6) is 0 Å². The zero-order chi connectivity index (χ0) is 44.8. The zero-order valence-electron chi connectivity index (χ0n) is 38.3. The van der Waals surface area contributed by atoms with E-state index in [1.54, 1.807) is 0 Å². The predicted octanol–water partition coefficient (Wildman–Crippen LogP) is 10.4. The van der Waals surface area contributed by atoms with Gasteiger partial charge in [0, 0.05) is 12.8 Å². The third-order valence-corrected chi connectivity index (χ3v) is 12.0. The van der Waals surface area contributed by atoms with Crippen LogP contribution in [0.2, 0.25) is 0 Å². The van der Waals surface area contributed by atoms with E-state index in [-0.39, 0.29) is 19.4 Å². The molecular weight excluding hydrogens is 801 g/mol. The van der Waals surface area contributed by atoms with Crippen LogP contribution in [-0.4, -0.2) is 96.0 Å². The number of esters is 2. The van der Waals surface area contributed by atoms with E-state index in [0.717, 1.165) is 51.4 Å². The van der Waals surface area contributed by atoms with Crippen molar-refractivity contribution in [3.63, 3.8) is 0 Å². The molecule has 0 aliphatic carbocycles. The lowest BCUT2D eigenvalue weighted by molar-refractivity contribution is -0.297. The van der Waals surface area contributed by atoms with Crippen molar-refractivity contribution in [2.75, 3.05) is 19.0 Å². The molecule has 358 valence electrons. The van der Waals surface area contributed by atoms with Crippen LogP contribution in [0.4, 0.5) is 0 Å². The summed E-state index contributed by atoms with van der Waals surface area (Å²) in [5, 5.41) is 30.9. The number of carbonyl (C=O) groups is 2. The Hall–Kier alpha value is -1.87. The van der Waals surface area contributed by atoms with Crippen molar-refractivity contribution in [3.05, 3.63) is 24.3 Å². The van der Waals surface area contributed by atoms with Gasteiger partial charge >= 0.3 is 11.9 Å². The molecule has 6 atom stereocenters. The molecule has 1 aliphatic rings. The molecule has 0 bridgehead atoms. The van der Waals surface area contributed by atoms with Gasteiger partial charge in [0.2, 0.25) is 0 Å². The molecule has 1 rings (SSSR count). The maximum atomic E-state index is 12.8. The molecule has 4 N–H and O–H groups in total. The Bertz CT molecular complexity index is 1220. The van der Waals surface area contributed by atoms with E-state index < -0.39 is 71.2 Å². The molecule has 1 heterocycles. The van der Waals surface area contributed by atoms with Crippen molar-refractivity contribution < 1.29 is 56.8 Å². The molecule has 0 radical (unpaired) electrons. The summed E-state index contributed by atoms with van der Waals surface area (Å²) in [5.74, 6) is -1.98. The number of unbranched alkanes of at least 4 members (excludes halogenated alkanes) is 25. The maximum absolute atomic E-state index is 12.8. The normalized spacial score (nSPS) is 20.1. The lowest BCUT2D eigenvalue weighted by Crippen LogP contribution is -2.60. The summed E-state index contributed by atoms with van der Waals surface area (Å²) < 4.78 is 54.1. The number of hydrogen-bond acceptors (Lipinski definition) is 11. The molecule has 0 spiro atoms. The monoisotopic (exact) mass is 889 g/mol. The first-order chi connectivity index (χ1) is 29.5. The second-order valence-electron chi connectivity index (χ2n) is 17.1. The fourth-order valence-electron chi connectivity index (χ4n) is 7.47.